The number of ether oxygens (including phenoxy) is 3. The number of hydrogen-bond acceptors (Lipinski definition) is 7. The minimum absolute atomic E-state index is 0.0563. The predicted molar refractivity (Wildman–Crippen MR) is 147 cm³/mol. The number of likely N-dealkylation sites (N-methyl/N-ethyl adjacent to an activating group) is 1. The van der Waals surface area contributed by atoms with Gasteiger partial charge in [0.05, 0.1) is 19.1 Å². The molecule has 0 saturated heterocycles. The quantitative estimate of drug-likeness (QED) is 0.471. The molecule has 1 saturated carbocycles. The number of aliphatic hydroxyl groups excluding tert-OH is 1. The zero-order chi connectivity index (χ0) is 27.5. The molecule has 2 aromatic rings. The molecule has 2 aliphatic heterocycles. The molecule has 0 aromatic heterocycles. The van der Waals surface area contributed by atoms with Crippen molar-refractivity contribution in [3.8, 4) is 17.2 Å². The lowest BCUT2D eigenvalue weighted by molar-refractivity contribution is -0.134. The van der Waals surface area contributed by atoms with Gasteiger partial charge in [0.2, 0.25) is 12.7 Å². The van der Waals surface area contributed by atoms with E-state index in [2.05, 4.69) is 29.5 Å². The largest absolute Gasteiger partial charge is 0.488 e. The third-order valence-electron chi connectivity index (χ3n) is 7.56. The summed E-state index contributed by atoms with van der Waals surface area (Å²) in [6, 6.07) is 9.85. The maximum Gasteiger partial charge on any atom is 0.323 e. The highest BCUT2D eigenvalue weighted by atomic mass is 16.7. The number of anilines is 2. The van der Waals surface area contributed by atoms with Crippen molar-refractivity contribution in [2.75, 3.05) is 50.7 Å². The Morgan fingerprint density at radius 1 is 1.08 bits per heavy atom. The van der Waals surface area contributed by atoms with E-state index in [9.17, 15) is 14.7 Å². The normalized spacial score (nSPS) is 21.4. The first-order valence-electron chi connectivity index (χ1n) is 13.6. The first-order chi connectivity index (χ1) is 18.8. The third-order valence-corrected chi connectivity index (χ3v) is 7.56. The van der Waals surface area contributed by atoms with E-state index in [-0.39, 0.29) is 43.8 Å². The molecule has 3 N–H and O–H groups in total. The standard InChI is InChI=1S/C29H38N4O6/c1-18-13-33(19(2)16-34)28(35)11-21-10-22(6-8-24(21)39-27(18)15-32(3)14-20-4-5-20)30-29(36)31-23-7-9-25-26(12-23)38-17-37-25/h6-10,12,18-20,27,34H,4-5,11,13-17H2,1-3H3,(H2,30,31,36)/t18-,19+,27-/m1/s1. The molecule has 5 rings (SSSR count). The van der Waals surface area contributed by atoms with Crippen LogP contribution in [-0.4, -0.2) is 79.1 Å². The summed E-state index contributed by atoms with van der Waals surface area (Å²) < 4.78 is 17.3. The summed E-state index contributed by atoms with van der Waals surface area (Å²) in [4.78, 5) is 30.2. The number of aliphatic hydroxyl groups is 1. The van der Waals surface area contributed by atoms with Gasteiger partial charge in [0.25, 0.3) is 0 Å². The highest BCUT2D eigenvalue weighted by molar-refractivity contribution is 6.00. The fraction of sp³-hybridized carbons (Fsp3) is 0.517. The number of urea groups is 1. The molecule has 10 heteroatoms. The molecule has 0 spiro atoms. The van der Waals surface area contributed by atoms with E-state index in [1.165, 1.54) is 12.8 Å². The Kier molecular flexibility index (Phi) is 8.13. The molecule has 2 heterocycles. The molecule has 0 unspecified atom stereocenters. The number of carbonyl (C=O) groups is 2. The lowest BCUT2D eigenvalue weighted by Crippen LogP contribution is -2.47. The van der Waals surface area contributed by atoms with E-state index >= 15 is 0 Å². The number of rotatable bonds is 8. The van der Waals surface area contributed by atoms with Crippen LogP contribution in [0.2, 0.25) is 0 Å². The van der Waals surface area contributed by atoms with Crippen molar-refractivity contribution in [3.63, 3.8) is 0 Å². The number of amides is 3. The minimum Gasteiger partial charge on any atom is -0.488 e. The van der Waals surface area contributed by atoms with Crippen LogP contribution in [0.15, 0.2) is 36.4 Å². The maximum atomic E-state index is 13.4. The summed E-state index contributed by atoms with van der Waals surface area (Å²) >= 11 is 0. The Balaban J connectivity index is 1.34. The first-order valence-corrected chi connectivity index (χ1v) is 13.6. The zero-order valence-electron chi connectivity index (χ0n) is 22.8. The van der Waals surface area contributed by atoms with Crippen LogP contribution >= 0.6 is 0 Å². The molecular weight excluding hydrogens is 500 g/mol. The van der Waals surface area contributed by atoms with Gasteiger partial charge in [0.15, 0.2) is 11.5 Å². The van der Waals surface area contributed by atoms with Gasteiger partial charge in [0, 0.05) is 48.6 Å². The molecule has 3 amide bonds. The summed E-state index contributed by atoms with van der Waals surface area (Å²) in [6.45, 7) is 6.28. The van der Waals surface area contributed by atoms with E-state index in [0.29, 0.717) is 40.7 Å². The number of carbonyl (C=O) groups excluding carboxylic acids is 2. The second-order valence-electron chi connectivity index (χ2n) is 11.0. The second-order valence-corrected chi connectivity index (χ2v) is 11.0. The van der Waals surface area contributed by atoms with Gasteiger partial charge in [-0.25, -0.2) is 4.79 Å². The summed E-state index contributed by atoms with van der Waals surface area (Å²) in [7, 11) is 2.12. The Morgan fingerprint density at radius 2 is 1.77 bits per heavy atom. The first kappa shape index (κ1) is 27.1. The summed E-state index contributed by atoms with van der Waals surface area (Å²) in [5.74, 6) is 2.59. The average Bonchev–Trinajstić information content (AvgIpc) is 3.58. The lowest BCUT2D eigenvalue weighted by Gasteiger charge is -2.34. The molecule has 3 atom stereocenters. The maximum absolute atomic E-state index is 13.4. The van der Waals surface area contributed by atoms with Crippen LogP contribution in [0, 0.1) is 11.8 Å². The van der Waals surface area contributed by atoms with Crippen molar-refractivity contribution in [2.24, 2.45) is 11.8 Å². The molecular formula is C29H38N4O6. The van der Waals surface area contributed by atoms with Gasteiger partial charge in [-0.15, -0.1) is 0 Å². The van der Waals surface area contributed by atoms with Gasteiger partial charge in [-0.05, 0) is 63.1 Å². The van der Waals surface area contributed by atoms with Gasteiger partial charge in [-0.1, -0.05) is 6.92 Å². The van der Waals surface area contributed by atoms with Gasteiger partial charge >= 0.3 is 6.03 Å². The number of nitrogens with one attached hydrogen (secondary N) is 2. The van der Waals surface area contributed by atoms with Crippen molar-refractivity contribution >= 4 is 23.3 Å². The van der Waals surface area contributed by atoms with Gasteiger partial charge in [-0.3, -0.25) is 4.79 Å². The van der Waals surface area contributed by atoms with Crippen molar-refractivity contribution in [3.05, 3.63) is 42.0 Å². The molecule has 10 nitrogen and oxygen atoms in total. The van der Waals surface area contributed by atoms with Crippen LogP contribution in [0.3, 0.4) is 0 Å². The van der Waals surface area contributed by atoms with E-state index < -0.39 is 6.03 Å². The van der Waals surface area contributed by atoms with Crippen LogP contribution in [0.4, 0.5) is 16.2 Å². The Bertz CT molecular complexity index is 1200. The molecule has 2 aromatic carbocycles. The fourth-order valence-corrected chi connectivity index (χ4v) is 5.12. The molecule has 0 radical (unpaired) electrons. The van der Waals surface area contributed by atoms with Crippen LogP contribution in [0.5, 0.6) is 17.2 Å². The number of nitrogens with zero attached hydrogens (tertiary/aromatic N) is 2. The number of hydrogen-bond donors (Lipinski definition) is 3. The Labute approximate surface area is 229 Å². The van der Waals surface area contributed by atoms with E-state index in [1.54, 1.807) is 35.2 Å². The van der Waals surface area contributed by atoms with Crippen LogP contribution < -0.4 is 24.8 Å². The molecule has 0 bridgehead atoms. The van der Waals surface area contributed by atoms with E-state index in [4.69, 9.17) is 14.2 Å². The summed E-state index contributed by atoms with van der Waals surface area (Å²) in [5.41, 5.74) is 1.80. The monoisotopic (exact) mass is 538 g/mol. The number of benzene rings is 2. The third kappa shape index (κ3) is 6.75. The fourth-order valence-electron chi connectivity index (χ4n) is 5.12. The highest BCUT2D eigenvalue weighted by Gasteiger charge is 2.32. The predicted octanol–water partition coefficient (Wildman–Crippen LogP) is 3.55. The highest BCUT2D eigenvalue weighted by Crippen LogP contribution is 2.35. The van der Waals surface area contributed by atoms with Crippen LogP contribution in [0.1, 0.15) is 32.3 Å². The van der Waals surface area contributed by atoms with Crippen LogP contribution in [0.25, 0.3) is 0 Å². The Morgan fingerprint density at radius 3 is 2.49 bits per heavy atom. The summed E-state index contributed by atoms with van der Waals surface area (Å²) in [5, 5.41) is 15.5. The molecule has 39 heavy (non-hydrogen) atoms. The van der Waals surface area contributed by atoms with E-state index in [1.807, 2.05) is 13.0 Å². The summed E-state index contributed by atoms with van der Waals surface area (Å²) in [6.07, 6.45) is 2.53. The van der Waals surface area contributed by atoms with Crippen LogP contribution in [-0.2, 0) is 11.2 Å². The molecule has 3 aliphatic rings. The van der Waals surface area contributed by atoms with Gasteiger partial charge in [0.1, 0.15) is 11.9 Å². The van der Waals surface area contributed by atoms with E-state index in [0.717, 1.165) is 19.0 Å². The van der Waals surface area contributed by atoms with Gasteiger partial charge < -0.3 is 39.8 Å². The van der Waals surface area contributed by atoms with Crippen molar-refractivity contribution in [1.82, 2.24) is 9.80 Å². The minimum atomic E-state index is -0.423. The topological polar surface area (TPSA) is 113 Å². The number of fused-ring (bicyclic) bond motifs is 2. The zero-order valence-corrected chi connectivity index (χ0v) is 22.8. The lowest BCUT2D eigenvalue weighted by atomic mass is 10.0. The smallest absolute Gasteiger partial charge is 0.323 e. The molecule has 210 valence electrons. The van der Waals surface area contributed by atoms with Crippen molar-refractivity contribution in [2.45, 2.75) is 45.3 Å². The van der Waals surface area contributed by atoms with Gasteiger partial charge in [-0.2, -0.15) is 0 Å². The molecule has 1 aliphatic carbocycles. The molecule has 1 fully saturated rings. The van der Waals surface area contributed by atoms with Crippen molar-refractivity contribution < 1.29 is 28.9 Å². The average molecular weight is 539 g/mol. The van der Waals surface area contributed by atoms with Crippen molar-refractivity contribution in [1.29, 1.82) is 0 Å². The Hall–Kier alpha value is -3.50. The SMILES string of the molecule is C[C@@H]1CN([C@@H](C)CO)C(=O)Cc2cc(NC(=O)Nc3ccc4c(c3)OCO4)ccc2O[C@@H]1CN(C)CC1CC1. The second kappa shape index (κ2) is 11.7.